The lowest BCUT2D eigenvalue weighted by Crippen LogP contribution is -2.35. The average molecular weight is 380 g/mol. The summed E-state index contributed by atoms with van der Waals surface area (Å²) in [5, 5.41) is 2.55. The van der Waals surface area contributed by atoms with Crippen molar-refractivity contribution >= 4 is 11.7 Å². The van der Waals surface area contributed by atoms with E-state index in [4.69, 9.17) is 0 Å². The van der Waals surface area contributed by atoms with Gasteiger partial charge >= 0.3 is 6.18 Å². The molecule has 27 heavy (non-hydrogen) atoms. The topological polar surface area (TPSA) is 76.9 Å². The lowest BCUT2D eigenvalue weighted by atomic mass is 9.97. The van der Waals surface area contributed by atoms with Gasteiger partial charge in [0.1, 0.15) is 6.04 Å². The monoisotopic (exact) mass is 380 g/mol. The van der Waals surface area contributed by atoms with E-state index in [-0.39, 0.29) is 11.7 Å². The Hall–Kier alpha value is -2.71. The van der Waals surface area contributed by atoms with Crippen molar-refractivity contribution in [3.05, 3.63) is 52.8 Å². The van der Waals surface area contributed by atoms with Crippen molar-refractivity contribution < 1.29 is 18.0 Å². The molecule has 1 saturated carbocycles. The van der Waals surface area contributed by atoms with E-state index >= 15 is 0 Å². The number of pyridine rings is 1. The maximum Gasteiger partial charge on any atom is 0.417 e. The fourth-order valence-corrected chi connectivity index (χ4v) is 3.40. The number of rotatable bonds is 5. The number of carbonyl (C=O) groups excluding carboxylic acids is 1. The van der Waals surface area contributed by atoms with Crippen LogP contribution in [0.3, 0.4) is 0 Å². The van der Waals surface area contributed by atoms with Crippen LogP contribution in [0.25, 0.3) is 0 Å². The summed E-state index contributed by atoms with van der Waals surface area (Å²) in [4.78, 5) is 32.8. The van der Waals surface area contributed by atoms with Crippen molar-refractivity contribution in [2.45, 2.75) is 44.3 Å². The number of aromatic nitrogens is 3. The van der Waals surface area contributed by atoms with Crippen molar-refractivity contribution in [1.29, 1.82) is 0 Å². The van der Waals surface area contributed by atoms with E-state index in [0.29, 0.717) is 6.42 Å². The van der Waals surface area contributed by atoms with Crippen molar-refractivity contribution in [3.63, 3.8) is 0 Å². The molecule has 2 aromatic rings. The second kappa shape index (κ2) is 7.89. The number of alkyl halides is 3. The van der Waals surface area contributed by atoms with Crippen LogP contribution >= 0.6 is 0 Å². The maximum absolute atomic E-state index is 13.1. The quantitative estimate of drug-likeness (QED) is 0.862. The molecule has 1 amide bonds. The Morgan fingerprint density at radius 2 is 2.00 bits per heavy atom. The van der Waals surface area contributed by atoms with Gasteiger partial charge in [-0.05, 0) is 18.4 Å². The lowest BCUT2D eigenvalue weighted by Gasteiger charge is -2.23. The number of carbonyl (C=O) groups is 1. The van der Waals surface area contributed by atoms with E-state index in [1.54, 1.807) is 0 Å². The molecule has 0 saturated heterocycles. The smallest absolute Gasteiger partial charge is 0.308 e. The summed E-state index contributed by atoms with van der Waals surface area (Å²) in [5.41, 5.74) is -1.62. The lowest BCUT2D eigenvalue weighted by molar-refractivity contribution is -0.138. The van der Waals surface area contributed by atoms with Crippen LogP contribution in [-0.4, -0.2) is 20.4 Å². The zero-order valence-corrected chi connectivity index (χ0v) is 14.4. The highest BCUT2D eigenvalue weighted by molar-refractivity contribution is 5.92. The third-order valence-corrected chi connectivity index (χ3v) is 4.75. The predicted octanol–water partition coefficient (Wildman–Crippen LogP) is 3.42. The Labute approximate surface area is 153 Å². The van der Waals surface area contributed by atoms with E-state index in [1.165, 1.54) is 18.6 Å². The number of amides is 1. The van der Waals surface area contributed by atoms with Crippen LogP contribution < -0.4 is 10.9 Å². The number of nitrogens with one attached hydrogen (secondary N) is 1. The molecule has 0 bridgehead atoms. The van der Waals surface area contributed by atoms with Crippen LogP contribution in [0, 0.1) is 5.92 Å². The second-order valence-corrected chi connectivity index (χ2v) is 6.64. The first kappa shape index (κ1) is 19.1. The van der Waals surface area contributed by atoms with E-state index in [1.807, 2.05) is 0 Å². The van der Waals surface area contributed by atoms with Gasteiger partial charge in [-0.15, -0.1) is 0 Å². The Bertz CT molecular complexity index is 846. The van der Waals surface area contributed by atoms with Gasteiger partial charge in [-0.3, -0.25) is 14.6 Å². The zero-order chi connectivity index (χ0) is 19.4. The number of nitrogens with zero attached hydrogens (tertiary/aromatic N) is 3. The van der Waals surface area contributed by atoms with Gasteiger partial charge in [0, 0.05) is 24.7 Å². The van der Waals surface area contributed by atoms with Crippen molar-refractivity contribution in [1.82, 2.24) is 14.5 Å². The molecule has 3 rings (SSSR count). The number of hydrogen-bond donors (Lipinski definition) is 1. The molecule has 9 heteroatoms. The molecule has 0 aromatic carbocycles. The van der Waals surface area contributed by atoms with E-state index in [2.05, 4.69) is 15.3 Å². The molecule has 1 aliphatic rings. The SMILES string of the molecule is O=C(Nc1cnccn1)C(CC1CCCC1)n1cc(C(F)(F)F)ccc1=O. The number of hydrogen-bond acceptors (Lipinski definition) is 4. The zero-order valence-electron chi connectivity index (χ0n) is 14.4. The van der Waals surface area contributed by atoms with Gasteiger partial charge in [0.2, 0.25) is 5.91 Å². The van der Waals surface area contributed by atoms with E-state index in [9.17, 15) is 22.8 Å². The summed E-state index contributed by atoms with van der Waals surface area (Å²) in [6.45, 7) is 0. The van der Waals surface area contributed by atoms with Gasteiger partial charge in [-0.1, -0.05) is 25.7 Å². The second-order valence-electron chi connectivity index (χ2n) is 6.64. The summed E-state index contributed by atoms with van der Waals surface area (Å²) < 4.78 is 40.1. The van der Waals surface area contributed by atoms with Crippen LogP contribution in [-0.2, 0) is 11.0 Å². The molecule has 1 fully saturated rings. The molecule has 1 aliphatic carbocycles. The molecular weight excluding hydrogens is 361 g/mol. The van der Waals surface area contributed by atoms with Crippen LogP contribution in [0.1, 0.15) is 43.7 Å². The first-order valence-corrected chi connectivity index (χ1v) is 8.71. The van der Waals surface area contributed by atoms with E-state index in [0.717, 1.165) is 48.6 Å². The summed E-state index contributed by atoms with van der Waals surface area (Å²) >= 11 is 0. The van der Waals surface area contributed by atoms with Gasteiger partial charge in [-0.25, -0.2) is 4.98 Å². The molecular formula is C18H19F3N4O2. The summed E-state index contributed by atoms with van der Waals surface area (Å²) in [6, 6.07) is 0.524. The van der Waals surface area contributed by atoms with Gasteiger partial charge in [-0.2, -0.15) is 13.2 Å². The number of halogens is 3. The van der Waals surface area contributed by atoms with Crippen molar-refractivity contribution in [3.8, 4) is 0 Å². The standard InChI is InChI=1S/C18H19F3N4O2/c19-18(20,21)13-5-6-16(26)25(11-13)14(9-12-3-1-2-4-12)17(27)24-15-10-22-7-8-23-15/h5-8,10-12,14H,1-4,9H2,(H,23,24,27). The molecule has 144 valence electrons. The van der Waals surface area contributed by atoms with E-state index < -0.39 is 29.2 Å². The van der Waals surface area contributed by atoms with Crippen LogP contribution in [0.15, 0.2) is 41.7 Å². The predicted molar refractivity (Wildman–Crippen MR) is 92.0 cm³/mol. The van der Waals surface area contributed by atoms with Crippen LogP contribution in [0.2, 0.25) is 0 Å². The van der Waals surface area contributed by atoms with Crippen LogP contribution in [0.4, 0.5) is 19.0 Å². The molecule has 6 nitrogen and oxygen atoms in total. The van der Waals surface area contributed by atoms with Crippen LogP contribution in [0.5, 0.6) is 0 Å². The Morgan fingerprint density at radius 3 is 2.63 bits per heavy atom. The first-order valence-electron chi connectivity index (χ1n) is 8.71. The minimum atomic E-state index is -4.60. The Morgan fingerprint density at radius 1 is 1.26 bits per heavy atom. The highest BCUT2D eigenvalue weighted by Gasteiger charge is 2.33. The molecule has 0 aliphatic heterocycles. The van der Waals surface area contributed by atoms with Gasteiger partial charge in [0.25, 0.3) is 5.56 Å². The fourth-order valence-electron chi connectivity index (χ4n) is 3.40. The third kappa shape index (κ3) is 4.72. The summed E-state index contributed by atoms with van der Waals surface area (Å²) in [7, 11) is 0. The Kier molecular flexibility index (Phi) is 5.57. The van der Waals surface area contributed by atoms with Gasteiger partial charge in [0.05, 0.1) is 11.8 Å². The summed E-state index contributed by atoms with van der Waals surface area (Å²) in [5.74, 6) is -0.216. The highest BCUT2D eigenvalue weighted by atomic mass is 19.4. The minimum Gasteiger partial charge on any atom is -0.308 e. The fraction of sp³-hybridized carbons (Fsp3) is 0.444. The molecule has 0 radical (unpaired) electrons. The maximum atomic E-state index is 13.1. The highest BCUT2D eigenvalue weighted by Crippen LogP contribution is 2.33. The number of anilines is 1. The third-order valence-electron chi connectivity index (χ3n) is 4.75. The minimum absolute atomic E-state index is 0.180. The average Bonchev–Trinajstić information content (AvgIpc) is 3.13. The van der Waals surface area contributed by atoms with Gasteiger partial charge in [0.15, 0.2) is 5.82 Å². The summed E-state index contributed by atoms with van der Waals surface area (Å²) in [6.07, 6.45) is 4.38. The van der Waals surface area contributed by atoms with Crippen molar-refractivity contribution in [2.75, 3.05) is 5.32 Å². The first-order chi connectivity index (χ1) is 12.8. The molecule has 1 N–H and O–H groups in total. The van der Waals surface area contributed by atoms with Gasteiger partial charge < -0.3 is 9.88 Å². The molecule has 1 atom stereocenters. The van der Waals surface area contributed by atoms with Crippen molar-refractivity contribution in [2.24, 2.45) is 5.92 Å². The molecule has 0 spiro atoms. The normalized spacial score (nSPS) is 16.3. The molecule has 2 aromatic heterocycles. The molecule has 1 unspecified atom stereocenters. The largest absolute Gasteiger partial charge is 0.417 e. The Balaban J connectivity index is 1.94. The molecule has 2 heterocycles.